The Labute approximate surface area is 135 Å². The van der Waals surface area contributed by atoms with Crippen LogP contribution in [0, 0.1) is 0 Å². The number of aromatic hydroxyl groups is 2. The number of rotatable bonds is 1. The van der Waals surface area contributed by atoms with E-state index in [1.807, 2.05) is 0 Å². The van der Waals surface area contributed by atoms with Crippen LogP contribution in [-0.4, -0.2) is 38.1 Å². The molecule has 4 rings (SSSR count). The van der Waals surface area contributed by atoms with Gasteiger partial charge >= 0.3 is 0 Å². The topological polar surface area (TPSA) is 87.0 Å². The van der Waals surface area contributed by atoms with Crippen molar-refractivity contribution in [2.24, 2.45) is 4.99 Å². The first-order chi connectivity index (χ1) is 11.1. The second-order valence-corrected chi connectivity index (χ2v) is 6.52. The summed E-state index contributed by atoms with van der Waals surface area (Å²) in [5.74, 6) is -0.489. The van der Waals surface area contributed by atoms with Gasteiger partial charge in [-0.2, -0.15) is 0 Å². The van der Waals surface area contributed by atoms with Gasteiger partial charge in [-0.3, -0.25) is 14.6 Å². The zero-order valence-electron chi connectivity index (χ0n) is 11.8. The van der Waals surface area contributed by atoms with Gasteiger partial charge in [-0.05, 0) is 12.1 Å². The van der Waals surface area contributed by atoms with Gasteiger partial charge in [0, 0.05) is 22.8 Å². The van der Waals surface area contributed by atoms with E-state index in [0.29, 0.717) is 21.7 Å². The molecule has 0 radical (unpaired) electrons. The van der Waals surface area contributed by atoms with E-state index in [1.165, 1.54) is 30.0 Å². The number of carbonyl (C=O) groups excluding carboxylic acids is 2. The number of aliphatic imine (C=N–C) groups is 1. The Bertz CT molecular complexity index is 890. The fourth-order valence-corrected chi connectivity index (χ4v) is 4.12. The molecule has 0 amide bonds. The highest BCUT2D eigenvalue weighted by atomic mass is 32.2. The Balaban J connectivity index is 1.77. The van der Waals surface area contributed by atoms with Crippen molar-refractivity contribution in [2.45, 2.75) is 11.3 Å². The number of thioether (sulfide) groups is 1. The number of fused-ring (bicyclic) bond motifs is 2. The van der Waals surface area contributed by atoms with Crippen LogP contribution in [0.4, 0.5) is 0 Å². The van der Waals surface area contributed by atoms with Crippen molar-refractivity contribution in [1.82, 2.24) is 0 Å². The number of hydrogen-bond donors (Lipinski definition) is 2. The van der Waals surface area contributed by atoms with Gasteiger partial charge in [0.05, 0.1) is 0 Å². The SMILES string of the molecule is O=C1c2ccccc2C(=O)C2SC(c3ccc(O)cc3O)=NC12. The number of ketones is 2. The first kappa shape index (κ1) is 14.0. The number of Topliss-reactive ketones (excluding diaryl/α,β-unsaturated/α-hetero) is 2. The van der Waals surface area contributed by atoms with Gasteiger partial charge < -0.3 is 10.2 Å². The summed E-state index contributed by atoms with van der Waals surface area (Å²) in [6.07, 6.45) is 0. The summed E-state index contributed by atoms with van der Waals surface area (Å²) in [6.45, 7) is 0. The molecule has 0 aromatic heterocycles. The Morgan fingerprint density at radius 3 is 2.30 bits per heavy atom. The molecule has 0 bridgehead atoms. The van der Waals surface area contributed by atoms with Gasteiger partial charge in [-0.25, -0.2) is 0 Å². The van der Waals surface area contributed by atoms with Gasteiger partial charge in [0.15, 0.2) is 11.6 Å². The third-order valence-corrected chi connectivity index (χ3v) is 5.25. The molecule has 0 spiro atoms. The third-order valence-electron chi connectivity index (χ3n) is 3.98. The molecule has 1 aliphatic carbocycles. The summed E-state index contributed by atoms with van der Waals surface area (Å²) >= 11 is 1.18. The molecule has 2 N–H and O–H groups in total. The molecule has 1 heterocycles. The Morgan fingerprint density at radius 1 is 0.913 bits per heavy atom. The highest BCUT2D eigenvalue weighted by Gasteiger charge is 2.46. The van der Waals surface area contributed by atoms with E-state index >= 15 is 0 Å². The average molecular weight is 325 g/mol. The largest absolute Gasteiger partial charge is 0.508 e. The van der Waals surface area contributed by atoms with Crippen LogP contribution in [0.5, 0.6) is 11.5 Å². The molecule has 114 valence electrons. The van der Waals surface area contributed by atoms with Crippen LogP contribution in [0.15, 0.2) is 47.5 Å². The van der Waals surface area contributed by atoms with E-state index in [1.54, 1.807) is 24.3 Å². The summed E-state index contributed by atoms with van der Waals surface area (Å²) in [5.41, 5.74) is 1.24. The van der Waals surface area contributed by atoms with Crippen LogP contribution < -0.4 is 0 Å². The predicted molar refractivity (Wildman–Crippen MR) is 86.6 cm³/mol. The fourth-order valence-electron chi connectivity index (χ4n) is 2.86. The Kier molecular flexibility index (Phi) is 3.02. The molecule has 23 heavy (non-hydrogen) atoms. The molecule has 6 heteroatoms. The Morgan fingerprint density at radius 2 is 1.61 bits per heavy atom. The maximum Gasteiger partial charge on any atom is 0.189 e. The van der Waals surface area contributed by atoms with Crippen LogP contribution >= 0.6 is 11.8 Å². The van der Waals surface area contributed by atoms with Crippen molar-refractivity contribution in [3.8, 4) is 11.5 Å². The summed E-state index contributed by atoms with van der Waals surface area (Å²) in [7, 11) is 0. The van der Waals surface area contributed by atoms with E-state index in [0.717, 1.165) is 0 Å². The van der Waals surface area contributed by atoms with Crippen LogP contribution in [0.1, 0.15) is 26.3 Å². The summed E-state index contributed by atoms with van der Waals surface area (Å²) < 4.78 is 0. The maximum atomic E-state index is 12.6. The molecule has 2 aliphatic rings. The highest BCUT2D eigenvalue weighted by Crippen LogP contribution is 2.40. The summed E-state index contributed by atoms with van der Waals surface area (Å²) in [4.78, 5) is 29.6. The van der Waals surface area contributed by atoms with Gasteiger partial charge in [0.2, 0.25) is 0 Å². The molecule has 2 unspecified atom stereocenters. The van der Waals surface area contributed by atoms with Crippen molar-refractivity contribution in [3.05, 3.63) is 59.2 Å². The molecule has 1 aliphatic heterocycles. The van der Waals surface area contributed by atoms with E-state index in [4.69, 9.17) is 0 Å². The van der Waals surface area contributed by atoms with Crippen LogP contribution in [-0.2, 0) is 0 Å². The van der Waals surface area contributed by atoms with Crippen molar-refractivity contribution in [2.75, 3.05) is 0 Å². The minimum Gasteiger partial charge on any atom is -0.508 e. The number of hydrogen-bond acceptors (Lipinski definition) is 6. The molecule has 2 atom stereocenters. The van der Waals surface area contributed by atoms with Crippen LogP contribution in [0.25, 0.3) is 0 Å². The smallest absolute Gasteiger partial charge is 0.189 e. The number of phenols is 2. The third kappa shape index (κ3) is 2.06. The van der Waals surface area contributed by atoms with Crippen LogP contribution in [0.3, 0.4) is 0 Å². The number of phenolic OH excluding ortho intramolecular Hbond substituents is 2. The monoisotopic (exact) mass is 325 g/mol. The van der Waals surface area contributed by atoms with Crippen molar-refractivity contribution in [3.63, 3.8) is 0 Å². The van der Waals surface area contributed by atoms with E-state index in [9.17, 15) is 19.8 Å². The fraction of sp³-hybridized carbons (Fsp3) is 0.118. The second-order valence-electron chi connectivity index (χ2n) is 5.39. The van der Waals surface area contributed by atoms with E-state index < -0.39 is 11.3 Å². The van der Waals surface area contributed by atoms with Crippen molar-refractivity contribution in [1.29, 1.82) is 0 Å². The zero-order valence-corrected chi connectivity index (χ0v) is 12.6. The first-order valence-electron chi connectivity index (χ1n) is 7.00. The van der Waals surface area contributed by atoms with Crippen molar-refractivity contribution < 1.29 is 19.8 Å². The molecule has 0 saturated heterocycles. The first-order valence-corrected chi connectivity index (χ1v) is 7.88. The van der Waals surface area contributed by atoms with Gasteiger partial charge in [0.25, 0.3) is 0 Å². The zero-order chi connectivity index (χ0) is 16.1. The van der Waals surface area contributed by atoms with Gasteiger partial charge in [0.1, 0.15) is 27.8 Å². The predicted octanol–water partition coefficient (Wildman–Crippen LogP) is 2.41. The average Bonchev–Trinajstić information content (AvgIpc) is 2.98. The normalized spacial score (nSPS) is 22.5. The lowest BCUT2D eigenvalue weighted by Crippen LogP contribution is -2.39. The van der Waals surface area contributed by atoms with Gasteiger partial charge in [-0.1, -0.05) is 36.0 Å². The summed E-state index contributed by atoms with van der Waals surface area (Å²) in [5, 5.41) is 19.2. The minimum absolute atomic E-state index is 0.0631. The van der Waals surface area contributed by atoms with Crippen LogP contribution in [0.2, 0.25) is 0 Å². The van der Waals surface area contributed by atoms with E-state index in [-0.39, 0.29) is 23.1 Å². The maximum absolute atomic E-state index is 12.6. The standard InChI is InChI=1S/C17H11NO4S/c19-8-5-6-11(12(20)7-8)17-18-13-14(21)9-3-1-2-4-10(9)15(22)16(13)23-17/h1-7,13,16,19-20H. The van der Waals surface area contributed by atoms with E-state index in [2.05, 4.69) is 4.99 Å². The molecular formula is C17H11NO4S. The molecule has 2 aromatic rings. The molecule has 2 aromatic carbocycles. The Hall–Kier alpha value is -2.60. The number of benzene rings is 2. The lowest BCUT2D eigenvalue weighted by Gasteiger charge is -2.22. The molecule has 0 fully saturated rings. The highest BCUT2D eigenvalue weighted by molar-refractivity contribution is 8.16. The molecule has 0 saturated carbocycles. The lowest BCUT2D eigenvalue weighted by molar-refractivity contribution is 0.0879. The number of carbonyl (C=O) groups is 2. The summed E-state index contributed by atoms with van der Waals surface area (Å²) in [6, 6.07) is 10.2. The minimum atomic E-state index is -0.759. The number of nitrogens with zero attached hydrogens (tertiary/aromatic N) is 1. The lowest BCUT2D eigenvalue weighted by atomic mass is 9.86. The molecule has 5 nitrogen and oxygen atoms in total. The quantitative estimate of drug-likeness (QED) is 0.841. The van der Waals surface area contributed by atoms with Crippen molar-refractivity contribution >= 4 is 28.4 Å². The molecular weight excluding hydrogens is 314 g/mol. The second kappa shape index (κ2) is 4.96. The van der Waals surface area contributed by atoms with Gasteiger partial charge in [-0.15, -0.1) is 0 Å².